The molecule has 5 nitrogen and oxygen atoms in total. The third kappa shape index (κ3) is 2.39. The zero-order valence-corrected chi connectivity index (χ0v) is 8.68. The van der Waals surface area contributed by atoms with Gasteiger partial charge in [-0.05, 0) is 0 Å². The molecule has 1 heterocycles. The maximum atomic E-state index is 11.4. The molecule has 78 valence electrons. The lowest BCUT2D eigenvalue weighted by atomic mass is 10.3. The van der Waals surface area contributed by atoms with E-state index in [0.717, 1.165) is 16.7 Å². The summed E-state index contributed by atoms with van der Waals surface area (Å²) < 4.78 is 0. The molecule has 0 unspecified atom stereocenters. The molecule has 1 aliphatic rings. The van der Waals surface area contributed by atoms with E-state index in [1.807, 2.05) is 0 Å². The molecule has 0 spiro atoms. The van der Waals surface area contributed by atoms with Crippen LogP contribution in [0.15, 0.2) is 0 Å². The van der Waals surface area contributed by atoms with Gasteiger partial charge in [0.15, 0.2) is 0 Å². The van der Waals surface area contributed by atoms with Crippen molar-refractivity contribution >= 4 is 40.5 Å². The fourth-order valence-corrected chi connectivity index (χ4v) is 2.25. The number of rotatable bonds is 4. The summed E-state index contributed by atoms with van der Waals surface area (Å²) in [5.41, 5.74) is 0. The van der Waals surface area contributed by atoms with Gasteiger partial charge in [0.25, 0.3) is 5.24 Å². The largest absolute Gasteiger partial charge is 0.481 e. The summed E-state index contributed by atoms with van der Waals surface area (Å²) in [4.78, 5) is 33.9. The SMILES string of the molecule is O=C(O)C[C@@H]1SC(=O)N(CCCl)C1=O. The minimum absolute atomic E-state index is 0.141. The summed E-state index contributed by atoms with van der Waals surface area (Å²) >= 11 is 6.14. The average molecular weight is 238 g/mol. The van der Waals surface area contributed by atoms with Gasteiger partial charge in [-0.2, -0.15) is 0 Å². The van der Waals surface area contributed by atoms with Crippen LogP contribution in [-0.4, -0.2) is 44.8 Å². The monoisotopic (exact) mass is 237 g/mol. The number of aliphatic carboxylic acids is 1. The minimum atomic E-state index is -1.09. The maximum absolute atomic E-state index is 11.4. The molecule has 1 atom stereocenters. The van der Waals surface area contributed by atoms with Crippen LogP contribution < -0.4 is 0 Å². The van der Waals surface area contributed by atoms with Crippen LogP contribution in [0, 0.1) is 0 Å². The molecule has 2 amide bonds. The number of hydrogen-bond acceptors (Lipinski definition) is 4. The number of hydrogen-bond donors (Lipinski definition) is 1. The Kier molecular flexibility index (Phi) is 3.77. The van der Waals surface area contributed by atoms with E-state index >= 15 is 0 Å². The molecule has 0 aromatic carbocycles. The number of amides is 2. The third-order valence-electron chi connectivity index (χ3n) is 1.67. The van der Waals surface area contributed by atoms with Crippen LogP contribution in [0.5, 0.6) is 0 Å². The second kappa shape index (κ2) is 4.65. The van der Waals surface area contributed by atoms with Crippen LogP contribution >= 0.6 is 23.4 Å². The number of nitrogens with zero attached hydrogens (tertiary/aromatic N) is 1. The fraction of sp³-hybridized carbons (Fsp3) is 0.571. The van der Waals surface area contributed by atoms with Crippen molar-refractivity contribution in [3.05, 3.63) is 0 Å². The van der Waals surface area contributed by atoms with Crippen molar-refractivity contribution in [3.8, 4) is 0 Å². The number of halogens is 1. The van der Waals surface area contributed by atoms with Gasteiger partial charge in [-0.15, -0.1) is 11.6 Å². The number of carboxylic acids is 1. The highest BCUT2D eigenvalue weighted by Gasteiger charge is 2.40. The van der Waals surface area contributed by atoms with Crippen molar-refractivity contribution in [3.63, 3.8) is 0 Å². The van der Waals surface area contributed by atoms with E-state index in [-0.39, 0.29) is 18.8 Å². The lowest BCUT2D eigenvalue weighted by Gasteiger charge is -2.10. The summed E-state index contributed by atoms with van der Waals surface area (Å²) in [6, 6.07) is 0. The highest BCUT2D eigenvalue weighted by molar-refractivity contribution is 8.15. The van der Waals surface area contributed by atoms with Crippen LogP contribution in [0.3, 0.4) is 0 Å². The first-order chi connectivity index (χ1) is 6.56. The molecular weight excluding hydrogens is 230 g/mol. The van der Waals surface area contributed by atoms with Crippen LogP contribution in [0.25, 0.3) is 0 Å². The Morgan fingerprint density at radius 1 is 1.57 bits per heavy atom. The Morgan fingerprint density at radius 3 is 2.71 bits per heavy atom. The lowest BCUT2D eigenvalue weighted by Crippen LogP contribution is -2.33. The summed E-state index contributed by atoms with van der Waals surface area (Å²) in [5.74, 6) is -1.38. The molecule has 0 aromatic heterocycles. The Balaban J connectivity index is 2.64. The number of carboxylic acid groups (broad SMARTS) is 1. The summed E-state index contributed by atoms with van der Waals surface area (Å²) in [5, 5.41) is 7.27. The average Bonchev–Trinajstić information content (AvgIpc) is 2.32. The van der Waals surface area contributed by atoms with Gasteiger partial charge in [0.2, 0.25) is 5.91 Å². The van der Waals surface area contributed by atoms with Crippen molar-refractivity contribution < 1.29 is 19.5 Å². The number of thioether (sulfide) groups is 1. The van der Waals surface area contributed by atoms with Gasteiger partial charge < -0.3 is 5.11 Å². The van der Waals surface area contributed by atoms with Crippen LogP contribution in [-0.2, 0) is 9.59 Å². The number of imide groups is 1. The Hall–Kier alpha value is -0.750. The molecule has 1 saturated heterocycles. The van der Waals surface area contributed by atoms with Crippen molar-refractivity contribution in [1.29, 1.82) is 0 Å². The smallest absolute Gasteiger partial charge is 0.305 e. The normalized spacial score (nSPS) is 21.8. The van der Waals surface area contributed by atoms with Gasteiger partial charge in [-0.3, -0.25) is 19.3 Å². The van der Waals surface area contributed by atoms with Crippen molar-refractivity contribution in [2.45, 2.75) is 11.7 Å². The van der Waals surface area contributed by atoms with Gasteiger partial charge in [0.1, 0.15) is 5.25 Å². The molecule has 14 heavy (non-hydrogen) atoms. The number of alkyl halides is 1. The van der Waals surface area contributed by atoms with Gasteiger partial charge in [0, 0.05) is 12.4 Å². The van der Waals surface area contributed by atoms with Crippen LogP contribution in [0.2, 0.25) is 0 Å². The third-order valence-corrected chi connectivity index (χ3v) is 2.92. The predicted octanol–water partition coefficient (Wildman–Crippen LogP) is 0.764. The summed E-state index contributed by atoms with van der Waals surface area (Å²) in [6.45, 7) is 0.141. The van der Waals surface area contributed by atoms with Crippen molar-refractivity contribution in [2.24, 2.45) is 0 Å². The molecule has 1 fully saturated rings. The molecule has 1 aliphatic heterocycles. The van der Waals surface area contributed by atoms with E-state index in [1.165, 1.54) is 0 Å². The highest BCUT2D eigenvalue weighted by Crippen LogP contribution is 2.28. The predicted molar refractivity (Wildman–Crippen MR) is 51.5 cm³/mol. The van der Waals surface area contributed by atoms with E-state index in [2.05, 4.69) is 0 Å². The Morgan fingerprint density at radius 2 is 2.21 bits per heavy atom. The van der Waals surface area contributed by atoms with Crippen LogP contribution in [0.1, 0.15) is 6.42 Å². The zero-order valence-electron chi connectivity index (χ0n) is 7.10. The van der Waals surface area contributed by atoms with Crippen molar-refractivity contribution in [1.82, 2.24) is 4.90 Å². The first kappa shape index (κ1) is 11.3. The topological polar surface area (TPSA) is 74.7 Å². The highest BCUT2D eigenvalue weighted by atomic mass is 35.5. The van der Waals surface area contributed by atoms with E-state index in [0.29, 0.717) is 0 Å². The fourth-order valence-electron chi connectivity index (χ4n) is 1.07. The second-order valence-electron chi connectivity index (χ2n) is 2.65. The Labute approximate surface area is 89.4 Å². The van der Waals surface area contributed by atoms with Crippen molar-refractivity contribution in [2.75, 3.05) is 12.4 Å². The molecule has 7 heteroatoms. The number of carbonyl (C=O) groups excluding carboxylic acids is 2. The standard InChI is InChI=1S/C7H8ClNO4S/c8-1-2-9-6(12)4(3-5(10)11)14-7(9)13/h4H,1-3H2,(H,10,11)/t4-/m0/s1. The number of carbonyl (C=O) groups is 3. The van der Waals surface area contributed by atoms with E-state index in [1.54, 1.807) is 0 Å². The van der Waals surface area contributed by atoms with Gasteiger partial charge in [-0.25, -0.2) is 0 Å². The molecule has 1 rings (SSSR count). The summed E-state index contributed by atoms with van der Waals surface area (Å²) in [7, 11) is 0. The van der Waals surface area contributed by atoms with Gasteiger partial charge in [-0.1, -0.05) is 11.8 Å². The van der Waals surface area contributed by atoms with Gasteiger partial charge in [0.05, 0.1) is 6.42 Å². The molecular formula is C7H8ClNO4S. The molecule has 0 radical (unpaired) electrons. The Bertz CT molecular complexity index is 283. The zero-order chi connectivity index (χ0) is 10.7. The quantitative estimate of drug-likeness (QED) is 0.731. The second-order valence-corrected chi connectivity index (χ2v) is 4.18. The molecule has 0 bridgehead atoms. The minimum Gasteiger partial charge on any atom is -0.481 e. The molecule has 0 saturated carbocycles. The first-order valence-corrected chi connectivity index (χ1v) is 5.27. The molecule has 0 aliphatic carbocycles. The van der Waals surface area contributed by atoms with E-state index in [9.17, 15) is 14.4 Å². The summed E-state index contributed by atoms with van der Waals surface area (Å²) in [6.07, 6.45) is -0.325. The van der Waals surface area contributed by atoms with E-state index in [4.69, 9.17) is 16.7 Å². The van der Waals surface area contributed by atoms with Crippen LogP contribution in [0.4, 0.5) is 4.79 Å². The van der Waals surface area contributed by atoms with Gasteiger partial charge >= 0.3 is 5.97 Å². The first-order valence-electron chi connectivity index (χ1n) is 3.86. The lowest BCUT2D eigenvalue weighted by molar-refractivity contribution is -0.139. The molecule has 0 aromatic rings. The molecule has 1 N–H and O–H groups in total. The maximum Gasteiger partial charge on any atom is 0.305 e. The van der Waals surface area contributed by atoms with E-state index < -0.39 is 22.4 Å².